The van der Waals surface area contributed by atoms with Crippen molar-refractivity contribution in [1.82, 2.24) is 4.98 Å². The summed E-state index contributed by atoms with van der Waals surface area (Å²) in [6.07, 6.45) is 0. The molecule has 1 heterocycles. The molecule has 0 radical (unpaired) electrons. The summed E-state index contributed by atoms with van der Waals surface area (Å²) in [5.41, 5.74) is 5.47. The topological polar surface area (TPSA) is 42.0 Å². The zero-order chi connectivity index (χ0) is 14.7. The lowest BCUT2D eigenvalue weighted by Gasteiger charge is -2.16. The summed E-state index contributed by atoms with van der Waals surface area (Å²) >= 11 is 1.42. The molecular formula is C16H20N2OS. The first-order valence-electron chi connectivity index (χ1n) is 6.82. The molecule has 2 aromatic rings. The van der Waals surface area contributed by atoms with Crippen LogP contribution in [-0.2, 0) is 0 Å². The van der Waals surface area contributed by atoms with E-state index in [1.165, 1.54) is 22.5 Å². The third kappa shape index (κ3) is 3.25. The summed E-state index contributed by atoms with van der Waals surface area (Å²) < 4.78 is 0. The smallest absolute Gasteiger partial charge is 0.275 e. The molecule has 106 valence electrons. The Labute approximate surface area is 124 Å². The lowest BCUT2D eigenvalue weighted by molar-refractivity contribution is 0.102. The van der Waals surface area contributed by atoms with Crippen molar-refractivity contribution in [3.8, 4) is 0 Å². The van der Waals surface area contributed by atoms with Crippen molar-refractivity contribution in [1.29, 1.82) is 0 Å². The number of benzene rings is 1. The van der Waals surface area contributed by atoms with E-state index in [1.807, 2.05) is 6.07 Å². The minimum atomic E-state index is -0.148. The first-order chi connectivity index (χ1) is 9.49. The van der Waals surface area contributed by atoms with Crippen molar-refractivity contribution in [3.05, 3.63) is 45.9 Å². The van der Waals surface area contributed by atoms with Gasteiger partial charge in [-0.2, -0.15) is 0 Å². The van der Waals surface area contributed by atoms with Gasteiger partial charge in [0.2, 0.25) is 0 Å². The van der Waals surface area contributed by atoms with E-state index in [2.05, 4.69) is 50.1 Å². The second-order valence-electron chi connectivity index (χ2n) is 5.48. The molecule has 0 bridgehead atoms. The molecule has 0 aliphatic rings. The van der Waals surface area contributed by atoms with Crippen LogP contribution in [0.4, 0.5) is 5.69 Å². The Morgan fingerprint density at radius 1 is 1.20 bits per heavy atom. The Morgan fingerprint density at radius 3 is 2.50 bits per heavy atom. The number of rotatable bonds is 4. The van der Waals surface area contributed by atoms with Gasteiger partial charge in [-0.15, -0.1) is 11.3 Å². The normalized spacial score (nSPS) is 11.1. The Hall–Kier alpha value is -1.68. The molecule has 1 N–H and O–H groups in total. The number of nitrogens with one attached hydrogen (secondary N) is 1. The maximum absolute atomic E-state index is 12.1. The monoisotopic (exact) mass is 288 g/mol. The quantitative estimate of drug-likeness (QED) is 0.890. The summed E-state index contributed by atoms with van der Waals surface area (Å²) in [6, 6.07) is 6.26. The molecule has 2 rings (SSSR count). The van der Waals surface area contributed by atoms with Gasteiger partial charge in [0.05, 0.1) is 5.51 Å². The standard InChI is InChI=1S/C16H20N2OS/c1-10(2)12-5-6-14(13(7-12)11(3)4)18-16(19)15-8-20-9-17-15/h5-11H,1-4H3,(H,18,19). The molecule has 0 aliphatic heterocycles. The second kappa shape index (κ2) is 6.18. The molecule has 0 atom stereocenters. The van der Waals surface area contributed by atoms with Crippen LogP contribution in [-0.4, -0.2) is 10.9 Å². The lowest BCUT2D eigenvalue weighted by Crippen LogP contribution is -2.14. The molecule has 1 aromatic carbocycles. The predicted octanol–water partition coefficient (Wildman–Crippen LogP) is 4.64. The molecule has 3 nitrogen and oxygen atoms in total. The van der Waals surface area contributed by atoms with E-state index in [0.29, 0.717) is 17.5 Å². The maximum atomic E-state index is 12.1. The number of carbonyl (C=O) groups excluding carboxylic acids is 1. The van der Waals surface area contributed by atoms with Gasteiger partial charge >= 0.3 is 0 Å². The van der Waals surface area contributed by atoms with Gasteiger partial charge in [-0.3, -0.25) is 4.79 Å². The molecule has 0 aliphatic carbocycles. The highest BCUT2D eigenvalue weighted by atomic mass is 32.1. The fraction of sp³-hybridized carbons (Fsp3) is 0.375. The van der Waals surface area contributed by atoms with E-state index < -0.39 is 0 Å². The highest BCUT2D eigenvalue weighted by Gasteiger charge is 2.14. The minimum absolute atomic E-state index is 0.148. The number of nitrogens with zero attached hydrogens (tertiary/aromatic N) is 1. The lowest BCUT2D eigenvalue weighted by atomic mass is 9.94. The van der Waals surface area contributed by atoms with E-state index in [4.69, 9.17) is 0 Å². The molecular weight excluding hydrogens is 268 g/mol. The molecule has 20 heavy (non-hydrogen) atoms. The Morgan fingerprint density at radius 2 is 1.95 bits per heavy atom. The first-order valence-corrected chi connectivity index (χ1v) is 7.76. The van der Waals surface area contributed by atoms with Crippen LogP contribution < -0.4 is 5.32 Å². The highest BCUT2D eigenvalue weighted by Crippen LogP contribution is 2.28. The summed E-state index contributed by atoms with van der Waals surface area (Å²) in [5.74, 6) is 0.695. The number of aromatic nitrogens is 1. The van der Waals surface area contributed by atoms with Crippen molar-refractivity contribution in [2.75, 3.05) is 5.32 Å². The van der Waals surface area contributed by atoms with E-state index in [0.717, 1.165) is 5.69 Å². The second-order valence-corrected chi connectivity index (χ2v) is 6.20. The van der Waals surface area contributed by atoms with Crippen LogP contribution in [0.15, 0.2) is 29.1 Å². The summed E-state index contributed by atoms with van der Waals surface area (Å²) in [6.45, 7) is 8.62. The van der Waals surface area contributed by atoms with Crippen LogP contribution in [0.5, 0.6) is 0 Å². The highest BCUT2D eigenvalue weighted by molar-refractivity contribution is 7.07. The molecule has 1 aromatic heterocycles. The molecule has 0 unspecified atom stereocenters. The molecule has 0 spiro atoms. The van der Waals surface area contributed by atoms with Gasteiger partial charge in [0, 0.05) is 11.1 Å². The van der Waals surface area contributed by atoms with Gasteiger partial charge in [0.15, 0.2) is 0 Å². The average molecular weight is 288 g/mol. The third-order valence-corrected chi connectivity index (χ3v) is 3.86. The number of thiazole rings is 1. The summed E-state index contributed by atoms with van der Waals surface area (Å²) in [4.78, 5) is 16.1. The fourth-order valence-electron chi connectivity index (χ4n) is 2.04. The van der Waals surface area contributed by atoms with E-state index in [9.17, 15) is 4.79 Å². The Balaban J connectivity index is 2.29. The molecule has 0 saturated carbocycles. The van der Waals surface area contributed by atoms with Gasteiger partial charge in [0.25, 0.3) is 5.91 Å². The predicted molar refractivity (Wildman–Crippen MR) is 84.7 cm³/mol. The number of carbonyl (C=O) groups is 1. The SMILES string of the molecule is CC(C)c1ccc(NC(=O)c2cscn2)c(C(C)C)c1. The van der Waals surface area contributed by atoms with Crippen molar-refractivity contribution in [2.45, 2.75) is 39.5 Å². The third-order valence-electron chi connectivity index (χ3n) is 3.28. The van der Waals surface area contributed by atoms with E-state index >= 15 is 0 Å². The molecule has 0 saturated heterocycles. The van der Waals surface area contributed by atoms with Crippen molar-refractivity contribution in [3.63, 3.8) is 0 Å². The number of hydrogen-bond acceptors (Lipinski definition) is 3. The Bertz CT molecular complexity index is 589. The van der Waals surface area contributed by atoms with Crippen molar-refractivity contribution < 1.29 is 4.79 Å². The van der Waals surface area contributed by atoms with Gasteiger partial charge in [-0.1, -0.05) is 39.8 Å². The van der Waals surface area contributed by atoms with Crippen LogP contribution in [0.2, 0.25) is 0 Å². The molecule has 1 amide bonds. The largest absolute Gasteiger partial charge is 0.320 e. The zero-order valence-electron chi connectivity index (χ0n) is 12.3. The van der Waals surface area contributed by atoms with Crippen LogP contribution >= 0.6 is 11.3 Å². The summed E-state index contributed by atoms with van der Waals surface area (Å²) in [7, 11) is 0. The van der Waals surface area contributed by atoms with E-state index in [1.54, 1.807) is 10.9 Å². The van der Waals surface area contributed by atoms with Gasteiger partial charge in [-0.05, 0) is 29.0 Å². The average Bonchev–Trinajstić information content (AvgIpc) is 2.92. The van der Waals surface area contributed by atoms with Gasteiger partial charge < -0.3 is 5.32 Å². The number of hydrogen-bond donors (Lipinski definition) is 1. The molecule has 0 fully saturated rings. The van der Waals surface area contributed by atoms with Crippen molar-refractivity contribution in [2.24, 2.45) is 0 Å². The minimum Gasteiger partial charge on any atom is -0.320 e. The van der Waals surface area contributed by atoms with Crippen LogP contribution in [0.3, 0.4) is 0 Å². The van der Waals surface area contributed by atoms with Crippen LogP contribution in [0.1, 0.15) is 61.1 Å². The fourth-order valence-corrected chi connectivity index (χ4v) is 2.57. The number of anilines is 1. The Kier molecular flexibility index (Phi) is 4.55. The van der Waals surface area contributed by atoms with E-state index in [-0.39, 0.29) is 5.91 Å². The van der Waals surface area contributed by atoms with Crippen molar-refractivity contribution >= 4 is 22.9 Å². The summed E-state index contributed by atoms with van der Waals surface area (Å²) in [5, 5.41) is 4.72. The zero-order valence-corrected chi connectivity index (χ0v) is 13.1. The number of amides is 1. The van der Waals surface area contributed by atoms with Gasteiger partial charge in [-0.25, -0.2) is 4.98 Å². The van der Waals surface area contributed by atoms with Crippen LogP contribution in [0, 0.1) is 0 Å². The van der Waals surface area contributed by atoms with Crippen LogP contribution in [0.25, 0.3) is 0 Å². The van der Waals surface area contributed by atoms with Gasteiger partial charge in [0.1, 0.15) is 5.69 Å². The molecule has 4 heteroatoms. The maximum Gasteiger partial charge on any atom is 0.275 e. The first kappa shape index (κ1) is 14.7.